The van der Waals surface area contributed by atoms with Crippen molar-refractivity contribution in [3.63, 3.8) is 0 Å². The summed E-state index contributed by atoms with van der Waals surface area (Å²) in [6.45, 7) is 4.41. The van der Waals surface area contributed by atoms with Crippen LogP contribution in [0.4, 0.5) is 5.69 Å². The molecular formula is C21H28N2O3S. The number of carbonyl (C=O) groups excluding carboxylic acids is 1. The summed E-state index contributed by atoms with van der Waals surface area (Å²) in [5, 5.41) is 3.02. The quantitative estimate of drug-likeness (QED) is 0.616. The lowest BCUT2D eigenvalue weighted by atomic mass is 10.2. The molecule has 0 spiro atoms. The summed E-state index contributed by atoms with van der Waals surface area (Å²) >= 11 is 1.63. The normalized spacial score (nSPS) is 10.7. The molecule has 0 aliphatic carbocycles. The Morgan fingerprint density at radius 3 is 2.52 bits per heavy atom. The Morgan fingerprint density at radius 1 is 1.11 bits per heavy atom. The van der Waals surface area contributed by atoms with Crippen molar-refractivity contribution in [3.8, 4) is 11.5 Å². The van der Waals surface area contributed by atoms with E-state index in [9.17, 15) is 4.79 Å². The summed E-state index contributed by atoms with van der Waals surface area (Å²) in [7, 11) is 3.26. The summed E-state index contributed by atoms with van der Waals surface area (Å²) in [4.78, 5) is 15.7. The lowest BCUT2D eigenvalue weighted by molar-refractivity contribution is -0.116. The Kier molecular flexibility index (Phi) is 8.48. The SMILES string of the molecule is CCN(CCC(=O)Nc1ccccc1SC)Cc1ccc(OC)c(OC)c1. The number of carbonyl (C=O) groups is 1. The van der Waals surface area contributed by atoms with Gasteiger partial charge >= 0.3 is 0 Å². The molecule has 0 aliphatic rings. The van der Waals surface area contributed by atoms with Crippen molar-refractivity contribution < 1.29 is 14.3 Å². The third-order valence-electron chi connectivity index (χ3n) is 4.34. The first-order valence-electron chi connectivity index (χ1n) is 8.97. The monoisotopic (exact) mass is 388 g/mol. The van der Waals surface area contributed by atoms with Crippen molar-refractivity contribution in [3.05, 3.63) is 48.0 Å². The molecule has 0 bridgehead atoms. The Balaban J connectivity index is 1.92. The van der Waals surface area contributed by atoms with Gasteiger partial charge < -0.3 is 14.8 Å². The Morgan fingerprint density at radius 2 is 1.85 bits per heavy atom. The van der Waals surface area contributed by atoms with Crippen LogP contribution in [0.2, 0.25) is 0 Å². The van der Waals surface area contributed by atoms with E-state index in [1.807, 2.05) is 48.7 Å². The molecule has 1 amide bonds. The van der Waals surface area contributed by atoms with E-state index in [-0.39, 0.29) is 5.91 Å². The second kappa shape index (κ2) is 10.8. The van der Waals surface area contributed by atoms with E-state index in [2.05, 4.69) is 17.1 Å². The largest absolute Gasteiger partial charge is 0.493 e. The Hall–Kier alpha value is -2.18. The number of nitrogens with one attached hydrogen (secondary N) is 1. The highest BCUT2D eigenvalue weighted by Crippen LogP contribution is 2.28. The highest BCUT2D eigenvalue weighted by Gasteiger charge is 2.11. The molecule has 0 aromatic heterocycles. The van der Waals surface area contributed by atoms with Crippen LogP contribution in [-0.4, -0.2) is 44.4 Å². The third kappa shape index (κ3) is 6.19. The number of anilines is 1. The van der Waals surface area contributed by atoms with Gasteiger partial charge in [-0.15, -0.1) is 11.8 Å². The van der Waals surface area contributed by atoms with Crippen LogP contribution >= 0.6 is 11.8 Å². The maximum Gasteiger partial charge on any atom is 0.225 e. The molecule has 1 N–H and O–H groups in total. The van der Waals surface area contributed by atoms with Crippen molar-refractivity contribution in [2.75, 3.05) is 38.9 Å². The number of thioether (sulfide) groups is 1. The standard InChI is InChI=1S/C21H28N2O3S/c1-5-23(15-16-10-11-18(25-2)19(14-16)26-3)13-12-21(24)22-17-8-6-7-9-20(17)27-4/h6-11,14H,5,12-13,15H2,1-4H3,(H,22,24). The first-order valence-corrected chi connectivity index (χ1v) is 10.2. The summed E-state index contributed by atoms with van der Waals surface area (Å²) in [6.07, 6.45) is 2.46. The number of benzene rings is 2. The van der Waals surface area contributed by atoms with Crippen molar-refractivity contribution in [1.29, 1.82) is 0 Å². The number of para-hydroxylation sites is 1. The number of nitrogens with zero attached hydrogens (tertiary/aromatic N) is 1. The number of hydrogen-bond acceptors (Lipinski definition) is 5. The molecule has 0 saturated carbocycles. The zero-order valence-corrected chi connectivity index (χ0v) is 17.3. The minimum Gasteiger partial charge on any atom is -0.493 e. The van der Waals surface area contributed by atoms with E-state index < -0.39 is 0 Å². The van der Waals surface area contributed by atoms with Crippen molar-refractivity contribution in [1.82, 2.24) is 4.90 Å². The second-order valence-corrected chi connectivity index (χ2v) is 6.90. The molecule has 27 heavy (non-hydrogen) atoms. The summed E-state index contributed by atoms with van der Waals surface area (Å²) in [5.74, 6) is 1.47. The number of rotatable bonds is 10. The molecule has 0 aliphatic heterocycles. The van der Waals surface area contributed by atoms with Crippen molar-refractivity contribution >= 4 is 23.4 Å². The van der Waals surface area contributed by atoms with E-state index >= 15 is 0 Å². The van der Waals surface area contributed by atoms with Crippen LogP contribution in [0.15, 0.2) is 47.4 Å². The summed E-state index contributed by atoms with van der Waals surface area (Å²) in [5.41, 5.74) is 2.00. The van der Waals surface area contributed by atoms with Gasteiger partial charge in [-0.25, -0.2) is 0 Å². The molecule has 2 rings (SSSR count). The fourth-order valence-electron chi connectivity index (χ4n) is 2.81. The van der Waals surface area contributed by atoms with Crippen molar-refractivity contribution in [2.45, 2.75) is 24.8 Å². The average Bonchev–Trinajstić information content (AvgIpc) is 2.71. The molecule has 2 aromatic carbocycles. The summed E-state index contributed by atoms with van der Waals surface area (Å²) < 4.78 is 10.7. The number of ether oxygens (including phenoxy) is 2. The van der Waals surface area contributed by atoms with Crippen LogP contribution in [0, 0.1) is 0 Å². The van der Waals surface area contributed by atoms with Gasteiger partial charge in [0.1, 0.15) is 0 Å². The van der Waals surface area contributed by atoms with Gasteiger partial charge in [-0.3, -0.25) is 9.69 Å². The van der Waals surface area contributed by atoms with E-state index in [1.54, 1.807) is 26.0 Å². The molecule has 146 valence electrons. The summed E-state index contributed by atoms with van der Waals surface area (Å²) in [6, 6.07) is 13.8. The van der Waals surface area contributed by atoms with E-state index in [0.29, 0.717) is 13.0 Å². The van der Waals surface area contributed by atoms with Gasteiger partial charge in [-0.1, -0.05) is 25.1 Å². The van der Waals surface area contributed by atoms with Crippen LogP contribution in [0.5, 0.6) is 11.5 Å². The molecule has 6 heteroatoms. The third-order valence-corrected chi connectivity index (χ3v) is 5.13. The van der Waals surface area contributed by atoms with Gasteiger partial charge in [0.25, 0.3) is 0 Å². The fourth-order valence-corrected chi connectivity index (χ4v) is 3.36. The lowest BCUT2D eigenvalue weighted by Gasteiger charge is -2.21. The van der Waals surface area contributed by atoms with Gasteiger partial charge in [0.05, 0.1) is 19.9 Å². The minimum absolute atomic E-state index is 0.0299. The van der Waals surface area contributed by atoms with Gasteiger partial charge in [0.15, 0.2) is 11.5 Å². The molecule has 0 saturated heterocycles. The number of hydrogen-bond donors (Lipinski definition) is 1. The number of methoxy groups -OCH3 is 2. The molecule has 5 nitrogen and oxygen atoms in total. The maximum atomic E-state index is 12.4. The van der Waals surface area contributed by atoms with E-state index in [4.69, 9.17) is 9.47 Å². The smallest absolute Gasteiger partial charge is 0.225 e. The molecule has 0 unspecified atom stereocenters. The Labute approximate surface area is 166 Å². The number of amides is 1. The van der Waals surface area contributed by atoms with E-state index in [1.165, 1.54) is 0 Å². The van der Waals surface area contributed by atoms with Gasteiger partial charge in [-0.2, -0.15) is 0 Å². The van der Waals surface area contributed by atoms with Crippen LogP contribution < -0.4 is 14.8 Å². The molecule has 0 heterocycles. The zero-order chi connectivity index (χ0) is 19.6. The van der Waals surface area contributed by atoms with Crippen LogP contribution in [0.1, 0.15) is 18.9 Å². The lowest BCUT2D eigenvalue weighted by Crippen LogP contribution is -2.27. The highest BCUT2D eigenvalue weighted by atomic mass is 32.2. The second-order valence-electron chi connectivity index (χ2n) is 6.06. The van der Waals surface area contributed by atoms with Crippen LogP contribution in [-0.2, 0) is 11.3 Å². The van der Waals surface area contributed by atoms with Crippen molar-refractivity contribution in [2.24, 2.45) is 0 Å². The van der Waals surface area contributed by atoms with Crippen LogP contribution in [0.3, 0.4) is 0 Å². The molecule has 0 atom stereocenters. The predicted octanol–water partition coefficient (Wildman–Crippen LogP) is 4.28. The topological polar surface area (TPSA) is 50.8 Å². The Bertz CT molecular complexity index is 752. The molecular weight excluding hydrogens is 360 g/mol. The van der Waals surface area contributed by atoms with Gasteiger partial charge in [0.2, 0.25) is 5.91 Å². The molecule has 0 radical (unpaired) electrons. The first kappa shape index (κ1) is 21.1. The van der Waals surface area contributed by atoms with Gasteiger partial charge in [0, 0.05) is 24.4 Å². The molecule has 2 aromatic rings. The molecule has 0 fully saturated rings. The fraction of sp³-hybridized carbons (Fsp3) is 0.381. The van der Waals surface area contributed by atoms with E-state index in [0.717, 1.165) is 40.7 Å². The first-order chi connectivity index (χ1) is 13.1. The minimum atomic E-state index is 0.0299. The van der Waals surface area contributed by atoms with Crippen LogP contribution in [0.25, 0.3) is 0 Å². The maximum absolute atomic E-state index is 12.4. The average molecular weight is 389 g/mol. The van der Waals surface area contributed by atoms with Gasteiger partial charge in [-0.05, 0) is 42.6 Å². The zero-order valence-electron chi connectivity index (χ0n) is 16.5. The predicted molar refractivity (Wildman–Crippen MR) is 112 cm³/mol. The highest BCUT2D eigenvalue weighted by molar-refractivity contribution is 7.98.